The van der Waals surface area contributed by atoms with Gasteiger partial charge in [0.25, 0.3) is 6.43 Å². The zero-order valence-electron chi connectivity index (χ0n) is 17.1. The quantitative estimate of drug-likeness (QED) is 0.563. The second-order valence-electron chi connectivity index (χ2n) is 7.52. The van der Waals surface area contributed by atoms with Crippen LogP contribution in [0.15, 0.2) is 24.4 Å². The zero-order chi connectivity index (χ0) is 23.6. The van der Waals surface area contributed by atoms with Gasteiger partial charge in [-0.2, -0.15) is 0 Å². The molecule has 32 heavy (non-hydrogen) atoms. The first-order chi connectivity index (χ1) is 15.0. The highest BCUT2D eigenvalue weighted by molar-refractivity contribution is 6.36. The second kappa shape index (κ2) is 9.54. The number of halogens is 5. The van der Waals surface area contributed by atoms with Gasteiger partial charge in [0.15, 0.2) is 0 Å². The molecule has 2 N–H and O–H groups in total. The molecular weight excluding hydrogens is 470 g/mol. The predicted molar refractivity (Wildman–Crippen MR) is 113 cm³/mol. The number of benzene rings is 1. The lowest BCUT2D eigenvalue weighted by atomic mass is 10.0. The number of alkyl halides is 2. The molecule has 1 heterocycles. The summed E-state index contributed by atoms with van der Waals surface area (Å²) >= 11 is 12.1. The highest BCUT2D eigenvalue weighted by Crippen LogP contribution is 2.40. The van der Waals surface area contributed by atoms with Crippen molar-refractivity contribution < 1.29 is 27.5 Å². The Kier molecular flexibility index (Phi) is 7.19. The fourth-order valence-corrected chi connectivity index (χ4v) is 3.80. The van der Waals surface area contributed by atoms with Gasteiger partial charge in [0, 0.05) is 29.3 Å². The summed E-state index contributed by atoms with van der Waals surface area (Å²) in [5.74, 6) is -1.56. The normalized spacial score (nSPS) is 15.2. The van der Waals surface area contributed by atoms with Crippen molar-refractivity contribution in [2.45, 2.75) is 44.7 Å². The minimum absolute atomic E-state index is 0.00836. The van der Waals surface area contributed by atoms with Crippen molar-refractivity contribution in [1.82, 2.24) is 15.6 Å². The average molecular weight is 490 g/mol. The zero-order valence-corrected chi connectivity index (χ0v) is 18.7. The van der Waals surface area contributed by atoms with Gasteiger partial charge in [0.2, 0.25) is 11.8 Å². The van der Waals surface area contributed by atoms with E-state index in [0.29, 0.717) is 12.8 Å². The highest BCUT2D eigenvalue weighted by atomic mass is 35.5. The smallest absolute Gasteiger partial charge is 0.272 e. The van der Waals surface area contributed by atoms with E-state index in [2.05, 4.69) is 15.6 Å². The standard InChI is InChI=1S/C21H20Cl2F3N3O3/c1-10(28-20(31)21(3-4-21)29-11(2)30)18-16(24)5-12(8-27-18)14-6-13(22)7-15(23)19(14)32-9-17(25)26/h5-8,10,17H,3-4,9H2,1-2H3,(H,28,31)(H,29,30)/t10-/m1/s1. The molecule has 172 valence electrons. The maximum absolute atomic E-state index is 14.9. The number of ether oxygens (including phenoxy) is 1. The summed E-state index contributed by atoms with van der Waals surface area (Å²) in [4.78, 5) is 27.9. The summed E-state index contributed by atoms with van der Waals surface area (Å²) in [6.07, 6.45) is -0.434. The molecule has 0 saturated heterocycles. The van der Waals surface area contributed by atoms with Gasteiger partial charge in [-0.25, -0.2) is 13.2 Å². The first-order valence-corrected chi connectivity index (χ1v) is 10.4. The Labute approximate surface area is 192 Å². The summed E-state index contributed by atoms with van der Waals surface area (Å²) < 4.78 is 45.2. The van der Waals surface area contributed by atoms with Gasteiger partial charge in [0.1, 0.15) is 23.7 Å². The first kappa shape index (κ1) is 24.1. The van der Waals surface area contributed by atoms with Crippen molar-refractivity contribution in [2.75, 3.05) is 6.61 Å². The van der Waals surface area contributed by atoms with Gasteiger partial charge < -0.3 is 15.4 Å². The number of pyridine rings is 1. The van der Waals surface area contributed by atoms with Gasteiger partial charge in [-0.15, -0.1) is 0 Å². The molecule has 1 saturated carbocycles. The summed E-state index contributed by atoms with van der Waals surface area (Å²) in [6.45, 7) is 1.97. The van der Waals surface area contributed by atoms with Crippen molar-refractivity contribution in [1.29, 1.82) is 0 Å². The molecule has 6 nitrogen and oxygen atoms in total. The molecule has 1 aliphatic carbocycles. The van der Waals surface area contributed by atoms with E-state index < -0.39 is 36.3 Å². The maximum atomic E-state index is 14.9. The summed E-state index contributed by atoms with van der Waals surface area (Å²) in [5, 5.41) is 5.46. The summed E-state index contributed by atoms with van der Waals surface area (Å²) in [5.41, 5.74) is -0.607. The van der Waals surface area contributed by atoms with Gasteiger partial charge in [-0.3, -0.25) is 14.6 Å². The van der Waals surface area contributed by atoms with E-state index in [9.17, 15) is 22.8 Å². The van der Waals surface area contributed by atoms with Crippen molar-refractivity contribution in [3.63, 3.8) is 0 Å². The minimum atomic E-state index is -2.73. The molecule has 1 atom stereocenters. The number of rotatable bonds is 8. The van der Waals surface area contributed by atoms with Crippen LogP contribution in [0.5, 0.6) is 5.75 Å². The fraction of sp³-hybridized carbons (Fsp3) is 0.381. The number of hydrogen-bond acceptors (Lipinski definition) is 4. The molecular formula is C21H20Cl2F3N3O3. The fourth-order valence-electron chi connectivity index (χ4n) is 3.26. The third-order valence-corrected chi connectivity index (χ3v) is 5.40. The van der Waals surface area contributed by atoms with E-state index >= 15 is 0 Å². The number of nitrogens with one attached hydrogen (secondary N) is 2. The van der Waals surface area contributed by atoms with E-state index in [1.807, 2.05) is 0 Å². The van der Waals surface area contributed by atoms with Crippen LogP contribution in [-0.2, 0) is 9.59 Å². The van der Waals surface area contributed by atoms with Gasteiger partial charge >= 0.3 is 0 Å². The van der Waals surface area contributed by atoms with Crippen LogP contribution in [0.1, 0.15) is 38.4 Å². The molecule has 0 aliphatic heterocycles. The van der Waals surface area contributed by atoms with Crippen molar-refractivity contribution in [3.05, 3.63) is 46.0 Å². The van der Waals surface area contributed by atoms with E-state index in [-0.39, 0.29) is 38.5 Å². The van der Waals surface area contributed by atoms with E-state index in [0.717, 1.165) is 6.07 Å². The number of carbonyl (C=O) groups is 2. The molecule has 11 heteroatoms. The Morgan fingerprint density at radius 3 is 2.50 bits per heavy atom. The van der Waals surface area contributed by atoms with E-state index in [1.54, 1.807) is 6.92 Å². The largest absolute Gasteiger partial charge is 0.485 e. The SMILES string of the molecule is CC(=O)NC1(C(=O)N[C@H](C)c2ncc(-c3cc(Cl)cc(Cl)c3OCC(F)F)cc2F)CC1. The number of aromatic nitrogens is 1. The van der Waals surface area contributed by atoms with Gasteiger partial charge in [-0.1, -0.05) is 23.2 Å². The average Bonchev–Trinajstić information content (AvgIpc) is 3.46. The minimum Gasteiger partial charge on any atom is -0.485 e. The first-order valence-electron chi connectivity index (χ1n) is 9.68. The van der Waals surface area contributed by atoms with Crippen LogP contribution < -0.4 is 15.4 Å². The topological polar surface area (TPSA) is 80.3 Å². The van der Waals surface area contributed by atoms with Crippen LogP contribution in [0.4, 0.5) is 13.2 Å². The lowest BCUT2D eigenvalue weighted by molar-refractivity contribution is -0.129. The molecule has 1 fully saturated rings. The highest BCUT2D eigenvalue weighted by Gasteiger charge is 2.51. The Morgan fingerprint density at radius 2 is 1.94 bits per heavy atom. The summed E-state index contributed by atoms with van der Waals surface area (Å²) in [7, 11) is 0. The number of amides is 2. The van der Waals surface area contributed by atoms with Crippen molar-refractivity contribution in [2.24, 2.45) is 0 Å². The number of hydrogen-bond donors (Lipinski definition) is 2. The third-order valence-electron chi connectivity index (χ3n) is 4.90. The molecule has 2 aromatic rings. The molecule has 2 amide bonds. The molecule has 1 aromatic heterocycles. The molecule has 1 aromatic carbocycles. The molecule has 3 rings (SSSR count). The maximum Gasteiger partial charge on any atom is 0.272 e. The van der Waals surface area contributed by atoms with Gasteiger partial charge in [0.05, 0.1) is 16.8 Å². The molecule has 0 spiro atoms. The van der Waals surface area contributed by atoms with Crippen molar-refractivity contribution in [3.8, 4) is 16.9 Å². The Balaban J connectivity index is 1.84. The Hall–Kier alpha value is -2.52. The Bertz CT molecular complexity index is 1050. The van der Waals surface area contributed by atoms with Crippen LogP contribution >= 0.6 is 23.2 Å². The lowest BCUT2D eigenvalue weighted by Crippen LogP contribution is -2.49. The van der Waals surface area contributed by atoms with E-state index in [1.165, 1.54) is 25.3 Å². The molecule has 0 unspecified atom stereocenters. The second-order valence-corrected chi connectivity index (χ2v) is 8.36. The molecule has 0 bridgehead atoms. The van der Waals surface area contributed by atoms with Crippen LogP contribution in [0.3, 0.4) is 0 Å². The van der Waals surface area contributed by atoms with Crippen molar-refractivity contribution >= 4 is 35.0 Å². The third kappa shape index (κ3) is 5.45. The Morgan fingerprint density at radius 1 is 1.25 bits per heavy atom. The van der Waals surface area contributed by atoms with E-state index in [4.69, 9.17) is 27.9 Å². The van der Waals surface area contributed by atoms with Crippen LogP contribution in [0.25, 0.3) is 11.1 Å². The van der Waals surface area contributed by atoms with Gasteiger partial charge in [-0.05, 0) is 38.0 Å². The van der Waals surface area contributed by atoms with Crippen LogP contribution in [-0.4, -0.2) is 35.4 Å². The lowest BCUT2D eigenvalue weighted by Gasteiger charge is -2.20. The monoisotopic (exact) mass is 489 g/mol. The summed E-state index contributed by atoms with van der Waals surface area (Å²) in [6, 6.07) is 3.06. The van der Waals surface area contributed by atoms with Crippen LogP contribution in [0.2, 0.25) is 10.0 Å². The molecule has 0 radical (unpaired) electrons. The number of nitrogens with zero attached hydrogens (tertiary/aromatic N) is 1. The van der Waals surface area contributed by atoms with Crippen LogP contribution in [0, 0.1) is 5.82 Å². The predicted octanol–water partition coefficient (Wildman–Crippen LogP) is 4.68. The molecule has 1 aliphatic rings. The number of carbonyl (C=O) groups excluding carboxylic acids is 2.